The number of aryl methyl sites for hydroxylation is 1. The van der Waals surface area contributed by atoms with E-state index in [-0.39, 0.29) is 5.75 Å². The van der Waals surface area contributed by atoms with Crippen LogP contribution < -0.4 is 10.7 Å². The first kappa shape index (κ1) is 18.1. The number of benzene rings is 3. The summed E-state index contributed by atoms with van der Waals surface area (Å²) >= 11 is 0. The van der Waals surface area contributed by atoms with Gasteiger partial charge in [-0.15, -0.1) is 0 Å². The minimum atomic E-state index is -0.892. The zero-order valence-electron chi connectivity index (χ0n) is 14.8. The van der Waals surface area contributed by atoms with Gasteiger partial charge in [-0.1, -0.05) is 55.5 Å². The third-order valence-corrected chi connectivity index (χ3v) is 4.16. The second-order valence-electron chi connectivity index (χ2n) is 5.88. The molecule has 0 aliphatic rings. The molecule has 0 atom stereocenters. The van der Waals surface area contributed by atoms with Crippen molar-refractivity contribution < 1.29 is 14.7 Å². The summed E-state index contributed by atoms with van der Waals surface area (Å²) in [5.74, 6) is -1.67. The molecule has 0 saturated heterocycles. The number of aromatic hydroxyl groups is 1. The van der Waals surface area contributed by atoms with Crippen LogP contribution in [-0.2, 0) is 16.0 Å². The van der Waals surface area contributed by atoms with E-state index in [1.807, 2.05) is 43.3 Å². The third-order valence-electron chi connectivity index (χ3n) is 4.16. The van der Waals surface area contributed by atoms with Crippen molar-refractivity contribution in [3.63, 3.8) is 0 Å². The van der Waals surface area contributed by atoms with Crippen molar-refractivity contribution in [2.45, 2.75) is 13.3 Å². The summed E-state index contributed by atoms with van der Waals surface area (Å²) in [6, 6.07) is 18.1. The maximum atomic E-state index is 12.1. The SMILES string of the molecule is CCc1ccccc1NC(=O)C(=O)NN=Cc1c(O)ccc2ccccc12. The largest absolute Gasteiger partial charge is 0.507 e. The summed E-state index contributed by atoms with van der Waals surface area (Å²) in [6.07, 6.45) is 2.05. The molecule has 2 amide bonds. The Kier molecular flexibility index (Phi) is 5.47. The molecule has 27 heavy (non-hydrogen) atoms. The molecule has 0 unspecified atom stereocenters. The fraction of sp³-hybridized carbons (Fsp3) is 0.0952. The second kappa shape index (κ2) is 8.14. The molecule has 0 aliphatic heterocycles. The van der Waals surface area contributed by atoms with E-state index in [9.17, 15) is 14.7 Å². The predicted molar refractivity (Wildman–Crippen MR) is 106 cm³/mol. The number of anilines is 1. The molecule has 0 aromatic heterocycles. The minimum Gasteiger partial charge on any atom is -0.507 e. The van der Waals surface area contributed by atoms with Gasteiger partial charge in [0.15, 0.2) is 0 Å². The molecule has 0 radical (unpaired) electrons. The standard InChI is InChI=1S/C21H19N3O3/c1-2-14-7-4-6-10-18(14)23-20(26)21(27)24-22-13-17-16-9-5-3-8-15(16)11-12-19(17)25/h3-13,25H,2H2,1H3,(H,23,26)(H,24,27). The molecular weight excluding hydrogens is 342 g/mol. The summed E-state index contributed by atoms with van der Waals surface area (Å²) < 4.78 is 0. The molecule has 6 heteroatoms. The van der Waals surface area contributed by atoms with Crippen LogP contribution in [0.25, 0.3) is 10.8 Å². The van der Waals surface area contributed by atoms with Crippen LogP contribution in [0.4, 0.5) is 5.69 Å². The first-order valence-electron chi connectivity index (χ1n) is 8.53. The van der Waals surface area contributed by atoms with Crippen molar-refractivity contribution >= 4 is 34.5 Å². The van der Waals surface area contributed by atoms with E-state index in [4.69, 9.17) is 0 Å². The highest BCUT2D eigenvalue weighted by Gasteiger charge is 2.14. The number of hydrogen-bond donors (Lipinski definition) is 3. The smallest absolute Gasteiger partial charge is 0.329 e. The Morgan fingerprint density at radius 1 is 1.00 bits per heavy atom. The van der Waals surface area contributed by atoms with Crippen LogP contribution in [0.5, 0.6) is 5.75 Å². The zero-order chi connectivity index (χ0) is 19.2. The number of phenolic OH excluding ortho intramolecular Hbond substituents is 1. The lowest BCUT2D eigenvalue weighted by atomic mass is 10.0. The normalized spacial score (nSPS) is 10.9. The van der Waals surface area contributed by atoms with Crippen LogP contribution in [0.2, 0.25) is 0 Å². The topological polar surface area (TPSA) is 90.8 Å². The number of amides is 2. The molecule has 6 nitrogen and oxygen atoms in total. The maximum Gasteiger partial charge on any atom is 0.329 e. The van der Waals surface area contributed by atoms with E-state index in [0.717, 1.165) is 22.8 Å². The summed E-state index contributed by atoms with van der Waals surface area (Å²) in [7, 11) is 0. The molecule has 0 fully saturated rings. The monoisotopic (exact) mass is 361 g/mol. The zero-order valence-corrected chi connectivity index (χ0v) is 14.8. The molecule has 0 heterocycles. The van der Waals surface area contributed by atoms with Gasteiger partial charge in [-0.05, 0) is 34.9 Å². The highest BCUT2D eigenvalue weighted by atomic mass is 16.3. The van der Waals surface area contributed by atoms with Crippen LogP contribution in [0.15, 0.2) is 65.8 Å². The summed E-state index contributed by atoms with van der Waals surface area (Å²) in [6.45, 7) is 1.96. The minimum absolute atomic E-state index is 0.0352. The highest BCUT2D eigenvalue weighted by Crippen LogP contribution is 2.25. The van der Waals surface area contributed by atoms with Crippen LogP contribution in [-0.4, -0.2) is 23.1 Å². The van der Waals surface area contributed by atoms with Gasteiger partial charge in [0, 0.05) is 11.3 Å². The lowest BCUT2D eigenvalue weighted by Gasteiger charge is -2.08. The van der Waals surface area contributed by atoms with E-state index in [1.165, 1.54) is 6.21 Å². The Labute approximate surface area is 156 Å². The molecule has 0 spiro atoms. The van der Waals surface area contributed by atoms with Gasteiger partial charge in [-0.25, -0.2) is 5.43 Å². The molecule has 3 N–H and O–H groups in total. The molecular formula is C21H19N3O3. The van der Waals surface area contributed by atoms with Crippen LogP contribution >= 0.6 is 0 Å². The predicted octanol–water partition coefficient (Wildman–Crippen LogP) is 3.20. The molecule has 3 aromatic rings. The van der Waals surface area contributed by atoms with E-state index in [1.54, 1.807) is 24.3 Å². The number of carbonyl (C=O) groups excluding carboxylic acids is 2. The Morgan fingerprint density at radius 2 is 1.74 bits per heavy atom. The van der Waals surface area contributed by atoms with Gasteiger partial charge < -0.3 is 10.4 Å². The van der Waals surface area contributed by atoms with E-state index >= 15 is 0 Å². The second-order valence-corrected chi connectivity index (χ2v) is 5.88. The molecule has 3 aromatic carbocycles. The number of hydrogen-bond acceptors (Lipinski definition) is 4. The number of rotatable bonds is 4. The number of nitrogens with one attached hydrogen (secondary N) is 2. The first-order chi connectivity index (χ1) is 13.1. The van der Waals surface area contributed by atoms with Crippen molar-refractivity contribution in [2.24, 2.45) is 5.10 Å². The number of phenols is 1. The van der Waals surface area contributed by atoms with Crippen molar-refractivity contribution in [1.29, 1.82) is 0 Å². The van der Waals surface area contributed by atoms with Crippen molar-refractivity contribution in [1.82, 2.24) is 5.43 Å². The van der Waals surface area contributed by atoms with E-state index in [0.29, 0.717) is 11.3 Å². The molecule has 0 bridgehead atoms. The number of fused-ring (bicyclic) bond motifs is 1. The number of carbonyl (C=O) groups is 2. The van der Waals surface area contributed by atoms with E-state index in [2.05, 4.69) is 15.8 Å². The van der Waals surface area contributed by atoms with Crippen molar-refractivity contribution in [3.8, 4) is 5.75 Å². The molecule has 3 rings (SSSR count). The Balaban J connectivity index is 1.70. The summed E-state index contributed by atoms with van der Waals surface area (Å²) in [5, 5.41) is 18.2. The lowest BCUT2D eigenvalue weighted by molar-refractivity contribution is -0.136. The fourth-order valence-electron chi connectivity index (χ4n) is 2.76. The van der Waals surface area contributed by atoms with Crippen LogP contribution in [0.1, 0.15) is 18.1 Å². The summed E-state index contributed by atoms with van der Waals surface area (Å²) in [5.41, 5.74) is 4.18. The van der Waals surface area contributed by atoms with Crippen molar-refractivity contribution in [3.05, 3.63) is 71.8 Å². The quantitative estimate of drug-likeness (QED) is 0.379. The van der Waals surface area contributed by atoms with Crippen LogP contribution in [0, 0.1) is 0 Å². The van der Waals surface area contributed by atoms with Gasteiger partial charge >= 0.3 is 11.8 Å². The van der Waals surface area contributed by atoms with E-state index < -0.39 is 11.8 Å². The first-order valence-corrected chi connectivity index (χ1v) is 8.53. The average molecular weight is 361 g/mol. The maximum absolute atomic E-state index is 12.1. The number of para-hydroxylation sites is 1. The van der Waals surface area contributed by atoms with Gasteiger partial charge in [-0.2, -0.15) is 5.10 Å². The van der Waals surface area contributed by atoms with Gasteiger partial charge in [0.2, 0.25) is 0 Å². The Hall–Kier alpha value is -3.67. The lowest BCUT2D eigenvalue weighted by Crippen LogP contribution is -2.32. The molecule has 0 saturated carbocycles. The molecule has 136 valence electrons. The Bertz CT molecular complexity index is 1030. The third kappa shape index (κ3) is 4.12. The van der Waals surface area contributed by atoms with Crippen molar-refractivity contribution in [2.75, 3.05) is 5.32 Å². The van der Waals surface area contributed by atoms with Gasteiger partial charge in [-0.3, -0.25) is 9.59 Å². The number of nitrogens with zero attached hydrogens (tertiary/aromatic N) is 1. The summed E-state index contributed by atoms with van der Waals surface area (Å²) in [4.78, 5) is 24.0. The number of hydrazone groups is 1. The van der Waals surface area contributed by atoms with Crippen LogP contribution in [0.3, 0.4) is 0 Å². The molecule has 0 aliphatic carbocycles. The van der Waals surface area contributed by atoms with Gasteiger partial charge in [0.05, 0.1) is 6.21 Å². The fourth-order valence-corrected chi connectivity index (χ4v) is 2.76. The Morgan fingerprint density at radius 3 is 2.56 bits per heavy atom. The van der Waals surface area contributed by atoms with Gasteiger partial charge in [0.1, 0.15) is 5.75 Å². The highest BCUT2D eigenvalue weighted by molar-refractivity contribution is 6.39. The average Bonchev–Trinajstić information content (AvgIpc) is 2.69. The van der Waals surface area contributed by atoms with Gasteiger partial charge in [0.25, 0.3) is 0 Å².